The molecule has 0 fully saturated rings. The molecule has 0 aliphatic carbocycles. The number of fused-ring (bicyclic) bond motifs is 1. The number of anilines is 1. The van der Waals surface area contributed by atoms with Gasteiger partial charge in [0.1, 0.15) is 5.69 Å². The summed E-state index contributed by atoms with van der Waals surface area (Å²) in [4.78, 5) is 32.7. The molecule has 0 saturated heterocycles. The average Bonchev–Trinajstić information content (AvgIpc) is 3.46. The van der Waals surface area contributed by atoms with Gasteiger partial charge in [0.2, 0.25) is 0 Å². The number of carbonyl (C=O) groups is 2. The van der Waals surface area contributed by atoms with Gasteiger partial charge in [-0.2, -0.15) is 0 Å². The molecular formula is C29H23Cl2N3O3S. The molecule has 0 N–H and O–H groups in total. The van der Waals surface area contributed by atoms with Crippen molar-refractivity contribution >= 4 is 61.8 Å². The number of nitrogens with zero attached hydrogens (tertiary/aromatic N) is 3. The fraction of sp³-hybridized carbons (Fsp3) is 0.138. The topological polar surface area (TPSA) is 64.4 Å². The molecule has 0 atom stereocenters. The Hall–Kier alpha value is -3.65. The lowest BCUT2D eigenvalue weighted by Gasteiger charge is -2.22. The predicted molar refractivity (Wildman–Crippen MR) is 153 cm³/mol. The second kappa shape index (κ2) is 11.0. The summed E-state index contributed by atoms with van der Waals surface area (Å²) in [5.74, 6) is -0.758. The molecule has 9 heteroatoms. The molecule has 2 aromatic heterocycles. The van der Waals surface area contributed by atoms with Crippen LogP contribution in [0.3, 0.4) is 0 Å². The summed E-state index contributed by atoms with van der Waals surface area (Å²) >= 11 is 14.6. The number of esters is 1. The third-order valence-corrected chi connectivity index (χ3v) is 8.21. The Balaban J connectivity index is 1.61. The first kappa shape index (κ1) is 26.0. The van der Waals surface area contributed by atoms with Crippen molar-refractivity contribution in [3.05, 3.63) is 117 Å². The third-order valence-electron chi connectivity index (χ3n) is 6.24. The van der Waals surface area contributed by atoms with E-state index in [1.807, 2.05) is 72.2 Å². The number of ether oxygens (including phenoxy) is 1. The molecule has 5 rings (SSSR count). The van der Waals surface area contributed by atoms with Crippen LogP contribution >= 0.6 is 34.5 Å². The van der Waals surface area contributed by atoms with E-state index in [0.29, 0.717) is 39.2 Å². The molecule has 0 bridgehead atoms. The zero-order chi connectivity index (χ0) is 26.8. The van der Waals surface area contributed by atoms with Crippen LogP contribution in [0.1, 0.15) is 37.7 Å². The van der Waals surface area contributed by atoms with E-state index < -0.39 is 5.97 Å². The maximum absolute atomic E-state index is 14.3. The van der Waals surface area contributed by atoms with Crippen molar-refractivity contribution in [3.63, 3.8) is 0 Å². The Kier molecular flexibility index (Phi) is 7.51. The number of hydrogen-bond acceptors (Lipinski definition) is 5. The number of aromatic nitrogens is 2. The lowest BCUT2D eigenvalue weighted by atomic mass is 10.2. The highest BCUT2D eigenvalue weighted by atomic mass is 35.5. The van der Waals surface area contributed by atoms with Gasteiger partial charge in [0, 0.05) is 12.2 Å². The molecule has 0 radical (unpaired) electrons. The maximum Gasteiger partial charge on any atom is 0.337 e. The largest absolute Gasteiger partial charge is 0.465 e. The van der Waals surface area contributed by atoms with Gasteiger partial charge in [0.25, 0.3) is 5.91 Å². The number of amides is 1. The van der Waals surface area contributed by atoms with Gasteiger partial charge in [-0.25, -0.2) is 9.78 Å². The molecule has 38 heavy (non-hydrogen) atoms. The van der Waals surface area contributed by atoms with Crippen molar-refractivity contribution in [1.82, 2.24) is 9.55 Å². The molecule has 3 aromatic carbocycles. The fourth-order valence-corrected chi connectivity index (χ4v) is 5.75. The molecule has 0 aliphatic rings. The second-order valence-electron chi connectivity index (χ2n) is 8.68. The number of carbonyl (C=O) groups excluding carboxylic acids is 2. The van der Waals surface area contributed by atoms with Crippen molar-refractivity contribution in [2.75, 3.05) is 12.0 Å². The van der Waals surface area contributed by atoms with Crippen molar-refractivity contribution in [2.45, 2.75) is 20.0 Å². The van der Waals surface area contributed by atoms with Gasteiger partial charge in [-0.3, -0.25) is 9.69 Å². The van der Waals surface area contributed by atoms with Crippen LogP contribution in [0, 0.1) is 6.92 Å². The first-order valence-corrected chi connectivity index (χ1v) is 13.4. The molecule has 1 amide bonds. The van der Waals surface area contributed by atoms with E-state index in [2.05, 4.69) is 0 Å². The van der Waals surface area contributed by atoms with Crippen LogP contribution in [0.2, 0.25) is 10.0 Å². The van der Waals surface area contributed by atoms with Crippen LogP contribution in [0.5, 0.6) is 0 Å². The Morgan fingerprint density at radius 2 is 1.61 bits per heavy atom. The highest BCUT2D eigenvalue weighted by molar-refractivity contribution is 7.22. The Labute approximate surface area is 234 Å². The van der Waals surface area contributed by atoms with E-state index in [1.54, 1.807) is 23.1 Å². The van der Waals surface area contributed by atoms with E-state index >= 15 is 0 Å². The standard InChI is InChI=1S/C29H23Cl2N3O3S/c1-18-24(30)25(31)26(33(18)16-19-9-5-3-6-10-19)27(35)34(17-20-11-7-4-8-12-20)29-32-22-14-13-21(28(36)37-2)15-23(22)38-29/h3-15H,16-17H2,1-2H3. The monoisotopic (exact) mass is 563 g/mol. The summed E-state index contributed by atoms with van der Waals surface area (Å²) in [6.07, 6.45) is 0. The minimum absolute atomic E-state index is 0.206. The molecule has 5 aromatic rings. The first-order chi connectivity index (χ1) is 18.4. The van der Waals surface area contributed by atoms with Gasteiger partial charge in [-0.15, -0.1) is 0 Å². The first-order valence-electron chi connectivity index (χ1n) is 11.8. The van der Waals surface area contributed by atoms with Crippen molar-refractivity contribution in [3.8, 4) is 0 Å². The smallest absolute Gasteiger partial charge is 0.337 e. The zero-order valence-corrected chi connectivity index (χ0v) is 23.0. The quantitative estimate of drug-likeness (QED) is 0.193. The SMILES string of the molecule is COC(=O)c1ccc2nc(N(Cc3ccccc3)C(=O)c3c(Cl)c(Cl)c(C)n3Cc3ccccc3)sc2c1. The second-order valence-corrected chi connectivity index (χ2v) is 10.4. The lowest BCUT2D eigenvalue weighted by Crippen LogP contribution is -2.32. The molecule has 0 aliphatic heterocycles. The van der Waals surface area contributed by atoms with Crippen LogP contribution < -0.4 is 4.90 Å². The number of thiazole rings is 1. The molecule has 0 spiro atoms. The summed E-state index contributed by atoms with van der Waals surface area (Å²) in [7, 11) is 1.34. The zero-order valence-electron chi connectivity index (χ0n) is 20.7. The molecular weight excluding hydrogens is 541 g/mol. The highest BCUT2D eigenvalue weighted by Crippen LogP contribution is 2.37. The number of halogens is 2. The van der Waals surface area contributed by atoms with E-state index in [1.165, 1.54) is 18.4 Å². The number of rotatable bonds is 7. The summed E-state index contributed by atoms with van der Waals surface area (Å²) in [5, 5.41) is 1.03. The maximum atomic E-state index is 14.3. The van der Waals surface area contributed by atoms with Gasteiger partial charge in [-0.05, 0) is 36.2 Å². The van der Waals surface area contributed by atoms with Crippen molar-refractivity contribution < 1.29 is 14.3 Å². The third kappa shape index (κ3) is 5.05. The minimum atomic E-state index is -0.435. The number of benzene rings is 3. The molecule has 192 valence electrons. The Morgan fingerprint density at radius 3 is 2.26 bits per heavy atom. The van der Waals surface area contributed by atoms with Gasteiger partial charge in [0.05, 0.1) is 39.5 Å². The summed E-state index contributed by atoms with van der Waals surface area (Å²) in [5.41, 5.74) is 4.02. The van der Waals surface area contributed by atoms with Crippen molar-refractivity contribution in [1.29, 1.82) is 0 Å². The normalized spacial score (nSPS) is 11.1. The van der Waals surface area contributed by atoms with E-state index in [0.717, 1.165) is 15.8 Å². The summed E-state index contributed by atoms with van der Waals surface area (Å²) in [6.45, 7) is 2.55. The lowest BCUT2D eigenvalue weighted by molar-refractivity contribution is 0.0601. The molecule has 6 nitrogen and oxygen atoms in total. The average molecular weight is 564 g/mol. The molecule has 0 saturated carbocycles. The Bertz CT molecular complexity index is 1630. The summed E-state index contributed by atoms with van der Waals surface area (Å²) < 4.78 is 7.46. The predicted octanol–water partition coefficient (Wildman–Crippen LogP) is 7.39. The summed E-state index contributed by atoms with van der Waals surface area (Å²) in [6, 6.07) is 24.6. The van der Waals surface area contributed by atoms with Gasteiger partial charge >= 0.3 is 5.97 Å². The van der Waals surface area contributed by atoms with Crippen LogP contribution in [0.4, 0.5) is 5.13 Å². The highest BCUT2D eigenvalue weighted by Gasteiger charge is 2.30. The van der Waals surface area contributed by atoms with Crippen LogP contribution in [0.25, 0.3) is 10.2 Å². The molecule has 2 heterocycles. The van der Waals surface area contributed by atoms with E-state index in [4.69, 9.17) is 32.9 Å². The van der Waals surface area contributed by atoms with Gasteiger partial charge in [-0.1, -0.05) is 95.2 Å². The Morgan fingerprint density at radius 1 is 0.947 bits per heavy atom. The van der Waals surface area contributed by atoms with Crippen molar-refractivity contribution in [2.24, 2.45) is 0 Å². The van der Waals surface area contributed by atoms with Gasteiger partial charge < -0.3 is 9.30 Å². The molecule has 0 unspecified atom stereocenters. The van der Waals surface area contributed by atoms with Crippen LogP contribution in [-0.4, -0.2) is 28.5 Å². The van der Waals surface area contributed by atoms with E-state index in [-0.39, 0.29) is 17.5 Å². The van der Waals surface area contributed by atoms with E-state index in [9.17, 15) is 9.59 Å². The number of methoxy groups -OCH3 is 1. The fourth-order valence-electron chi connectivity index (χ4n) is 4.23. The number of hydrogen-bond donors (Lipinski definition) is 0. The van der Waals surface area contributed by atoms with Gasteiger partial charge in [0.15, 0.2) is 5.13 Å². The van der Waals surface area contributed by atoms with Crippen LogP contribution in [0.15, 0.2) is 78.9 Å². The minimum Gasteiger partial charge on any atom is -0.465 e. The van der Waals surface area contributed by atoms with Crippen LogP contribution in [-0.2, 0) is 17.8 Å².